The number of carbonyl (C=O) groups is 1. The Labute approximate surface area is 136 Å². The summed E-state index contributed by atoms with van der Waals surface area (Å²) in [6, 6.07) is 0.435. The van der Waals surface area contributed by atoms with Crippen molar-refractivity contribution in [3.05, 3.63) is 0 Å². The zero-order valence-corrected chi connectivity index (χ0v) is 14.7. The van der Waals surface area contributed by atoms with Gasteiger partial charge >= 0.3 is 6.09 Å². The second-order valence-corrected chi connectivity index (χ2v) is 8.03. The highest BCUT2D eigenvalue weighted by atomic mass is 16.6. The normalized spacial score (nSPS) is 24.9. The molecule has 1 saturated heterocycles. The van der Waals surface area contributed by atoms with Gasteiger partial charge in [0.25, 0.3) is 0 Å². The quantitative estimate of drug-likeness (QED) is 0.803. The van der Waals surface area contributed by atoms with Gasteiger partial charge in [-0.3, -0.25) is 0 Å². The lowest BCUT2D eigenvalue weighted by Gasteiger charge is -2.35. The molecule has 0 aromatic carbocycles. The van der Waals surface area contributed by atoms with Crippen LogP contribution < -0.4 is 5.32 Å². The minimum absolute atomic E-state index is 0.159. The van der Waals surface area contributed by atoms with E-state index >= 15 is 0 Å². The van der Waals surface area contributed by atoms with E-state index in [4.69, 9.17) is 4.74 Å². The number of nitrogens with zero attached hydrogens (tertiary/aromatic N) is 1. The largest absolute Gasteiger partial charge is 0.444 e. The molecule has 0 bridgehead atoms. The number of ether oxygens (including phenoxy) is 1. The molecule has 2 aliphatic rings. The molecule has 0 radical (unpaired) electrons. The maximum atomic E-state index is 12.2. The average Bonchev–Trinajstić information content (AvgIpc) is 2.72. The summed E-state index contributed by atoms with van der Waals surface area (Å²) in [5.74, 6) is 0.833. The molecule has 2 fully saturated rings. The highest BCUT2D eigenvalue weighted by Crippen LogP contribution is 2.23. The first kappa shape index (κ1) is 17.6. The van der Waals surface area contributed by atoms with Crippen LogP contribution in [0.5, 0.6) is 0 Å². The first-order valence-electron chi connectivity index (χ1n) is 9.15. The lowest BCUT2D eigenvalue weighted by molar-refractivity contribution is 0.0186. The van der Waals surface area contributed by atoms with Crippen LogP contribution in [0, 0.1) is 5.92 Å². The molecule has 1 N–H and O–H groups in total. The maximum absolute atomic E-state index is 12.2. The SMILES string of the molecule is CC(C)(C)OC(=O)N1CCCC(NCC2CCCCCC2)C1. The molecule has 1 aliphatic heterocycles. The smallest absolute Gasteiger partial charge is 0.410 e. The Morgan fingerprint density at radius 3 is 2.41 bits per heavy atom. The van der Waals surface area contributed by atoms with Crippen LogP contribution >= 0.6 is 0 Å². The molecular weight excluding hydrogens is 276 g/mol. The van der Waals surface area contributed by atoms with Gasteiger partial charge in [-0.2, -0.15) is 0 Å². The van der Waals surface area contributed by atoms with Crippen molar-refractivity contribution in [1.29, 1.82) is 0 Å². The van der Waals surface area contributed by atoms with Crippen LogP contribution in [0.15, 0.2) is 0 Å². The van der Waals surface area contributed by atoms with E-state index in [1.165, 1.54) is 44.9 Å². The molecule has 4 nitrogen and oxygen atoms in total. The van der Waals surface area contributed by atoms with Crippen LogP contribution in [0.4, 0.5) is 4.79 Å². The van der Waals surface area contributed by atoms with E-state index in [1.807, 2.05) is 25.7 Å². The number of hydrogen-bond donors (Lipinski definition) is 1. The van der Waals surface area contributed by atoms with Gasteiger partial charge in [0, 0.05) is 19.1 Å². The van der Waals surface area contributed by atoms with Crippen molar-refractivity contribution in [2.24, 2.45) is 5.92 Å². The van der Waals surface area contributed by atoms with Gasteiger partial charge in [0.05, 0.1) is 0 Å². The zero-order chi connectivity index (χ0) is 16.0. The van der Waals surface area contributed by atoms with Crippen molar-refractivity contribution < 1.29 is 9.53 Å². The molecule has 0 aromatic rings. The topological polar surface area (TPSA) is 41.6 Å². The third-order valence-corrected chi connectivity index (χ3v) is 4.74. The van der Waals surface area contributed by atoms with E-state index in [0.717, 1.165) is 32.0 Å². The van der Waals surface area contributed by atoms with Gasteiger partial charge in [-0.1, -0.05) is 25.7 Å². The van der Waals surface area contributed by atoms with Gasteiger partial charge in [0.15, 0.2) is 0 Å². The molecule has 1 unspecified atom stereocenters. The van der Waals surface area contributed by atoms with E-state index in [0.29, 0.717) is 6.04 Å². The molecule has 1 amide bonds. The molecule has 0 spiro atoms. The van der Waals surface area contributed by atoms with E-state index in [-0.39, 0.29) is 6.09 Å². The summed E-state index contributed by atoms with van der Waals surface area (Å²) in [7, 11) is 0. The molecular formula is C18H34N2O2. The highest BCUT2D eigenvalue weighted by molar-refractivity contribution is 5.68. The number of rotatable bonds is 3. The van der Waals surface area contributed by atoms with E-state index in [1.54, 1.807) is 0 Å². The summed E-state index contributed by atoms with van der Waals surface area (Å²) in [6.45, 7) is 8.52. The fraction of sp³-hybridized carbons (Fsp3) is 0.944. The second kappa shape index (κ2) is 8.19. The number of amides is 1. The molecule has 1 atom stereocenters. The molecule has 1 aliphatic carbocycles. The van der Waals surface area contributed by atoms with Gasteiger partial charge in [0.1, 0.15) is 5.60 Å². The fourth-order valence-electron chi connectivity index (χ4n) is 3.54. The van der Waals surface area contributed by atoms with Crippen molar-refractivity contribution >= 4 is 6.09 Å². The number of piperidine rings is 1. The molecule has 1 heterocycles. The van der Waals surface area contributed by atoms with Crippen LogP contribution in [0.2, 0.25) is 0 Å². The Hall–Kier alpha value is -0.770. The van der Waals surface area contributed by atoms with Gasteiger partial charge in [-0.05, 0) is 58.9 Å². The Kier molecular flexibility index (Phi) is 6.54. The van der Waals surface area contributed by atoms with Crippen LogP contribution in [-0.4, -0.2) is 42.3 Å². The fourth-order valence-corrected chi connectivity index (χ4v) is 3.54. The number of hydrogen-bond acceptors (Lipinski definition) is 3. The standard InChI is InChI=1S/C18H34N2O2/c1-18(2,3)22-17(21)20-12-8-11-16(14-20)19-13-15-9-6-4-5-7-10-15/h15-16,19H,4-14H2,1-3H3. The third-order valence-electron chi connectivity index (χ3n) is 4.74. The second-order valence-electron chi connectivity index (χ2n) is 8.03. The lowest BCUT2D eigenvalue weighted by atomic mass is 9.99. The molecule has 22 heavy (non-hydrogen) atoms. The monoisotopic (exact) mass is 310 g/mol. The van der Waals surface area contributed by atoms with Gasteiger partial charge in [0.2, 0.25) is 0 Å². The van der Waals surface area contributed by atoms with Gasteiger partial charge in [-0.25, -0.2) is 4.79 Å². The molecule has 4 heteroatoms. The Balaban J connectivity index is 1.74. The minimum atomic E-state index is -0.405. The highest BCUT2D eigenvalue weighted by Gasteiger charge is 2.27. The van der Waals surface area contributed by atoms with Crippen LogP contribution in [0.3, 0.4) is 0 Å². The average molecular weight is 310 g/mol. The predicted octanol–water partition coefficient (Wildman–Crippen LogP) is 3.95. The minimum Gasteiger partial charge on any atom is -0.444 e. The summed E-state index contributed by atoms with van der Waals surface area (Å²) in [6.07, 6.45) is 10.4. The van der Waals surface area contributed by atoms with E-state index in [2.05, 4.69) is 5.32 Å². The summed E-state index contributed by atoms with van der Waals surface area (Å²) in [5.41, 5.74) is -0.405. The summed E-state index contributed by atoms with van der Waals surface area (Å²) in [4.78, 5) is 14.1. The van der Waals surface area contributed by atoms with Crippen LogP contribution in [0.25, 0.3) is 0 Å². The Morgan fingerprint density at radius 2 is 1.77 bits per heavy atom. The molecule has 0 aromatic heterocycles. The van der Waals surface area contributed by atoms with E-state index < -0.39 is 5.60 Å². The summed E-state index contributed by atoms with van der Waals surface area (Å²) in [5, 5.41) is 3.72. The number of carbonyl (C=O) groups excluding carboxylic acids is 1. The van der Waals surface area contributed by atoms with Crippen molar-refractivity contribution in [2.75, 3.05) is 19.6 Å². The number of nitrogens with one attached hydrogen (secondary N) is 1. The van der Waals surface area contributed by atoms with Gasteiger partial charge in [-0.15, -0.1) is 0 Å². The zero-order valence-electron chi connectivity index (χ0n) is 14.7. The first-order chi connectivity index (χ1) is 10.4. The molecule has 2 rings (SSSR count). The Morgan fingerprint density at radius 1 is 1.09 bits per heavy atom. The van der Waals surface area contributed by atoms with E-state index in [9.17, 15) is 4.79 Å². The molecule has 1 saturated carbocycles. The van der Waals surface area contributed by atoms with Crippen molar-refractivity contribution in [3.63, 3.8) is 0 Å². The summed E-state index contributed by atoms with van der Waals surface area (Å²) >= 11 is 0. The number of likely N-dealkylation sites (tertiary alicyclic amines) is 1. The van der Waals surface area contributed by atoms with Crippen LogP contribution in [-0.2, 0) is 4.74 Å². The third kappa shape index (κ3) is 6.15. The van der Waals surface area contributed by atoms with Crippen molar-refractivity contribution in [2.45, 2.75) is 83.8 Å². The maximum Gasteiger partial charge on any atom is 0.410 e. The first-order valence-corrected chi connectivity index (χ1v) is 9.15. The van der Waals surface area contributed by atoms with Crippen LogP contribution in [0.1, 0.15) is 72.1 Å². The van der Waals surface area contributed by atoms with Gasteiger partial charge < -0.3 is 15.0 Å². The molecule has 128 valence electrons. The lowest BCUT2D eigenvalue weighted by Crippen LogP contribution is -2.50. The predicted molar refractivity (Wildman–Crippen MR) is 90.0 cm³/mol. The Bertz CT molecular complexity index is 343. The van der Waals surface area contributed by atoms with Crippen molar-refractivity contribution in [1.82, 2.24) is 10.2 Å². The van der Waals surface area contributed by atoms with Crippen molar-refractivity contribution in [3.8, 4) is 0 Å². The summed E-state index contributed by atoms with van der Waals surface area (Å²) < 4.78 is 5.50.